The largest absolute Gasteiger partial charge is 0.377 e. The maximum absolute atomic E-state index is 12.9. The van der Waals surface area contributed by atoms with Crippen molar-refractivity contribution in [1.29, 1.82) is 0 Å². The zero-order chi connectivity index (χ0) is 23.5. The molecule has 3 atom stereocenters. The number of anilines is 1. The van der Waals surface area contributed by atoms with E-state index >= 15 is 0 Å². The van der Waals surface area contributed by atoms with Crippen molar-refractivity contribution in [3.8, 4) is 0 Å². The molecule has 33 heavy (non-hydrogen) atoms. The Morgan fingerprint density at radius 2 is 1.94 bits per heavy atom. The van der Waals surface area contributed by atoms with E-state index in [2.05, 4.69) is 22.0 Å². The van der Waals surface area contributed by atoms with Crippen molar-refractivity contribution in [2.75, 3.05) is 31.6 Å². The standard InChI is InChI=1S/C26H38ClN3O3/c1-17-15-29(10-11-30(17)26(32)20-7-4-5-8-20)16-21-13-22(27)14-23(18(21)2)28-25(31)19(3)24-9-6-12-33-24/h13-14,17,19-20,24H,4-12,15-16H2,1-3H3,(H,28,31)/t17-,19?,24?/m0/s1. The lowest BCUT2D eigenvalue weighted by Crippen LogP contribution is -2.54. The predicted octanol–water partition coefficient (Wildman–Crippen LogP) is 4.62. The molecule has 0 bridgehead atoms. The zero-order valence-corrected chi connectivity index (χ0v) is 21.0. The Morgan fingerprint density at radius 3 is 2.61 bits per heavy atom. The number of hydrogen-bond donors (Lipinski definition) is 1. The molecule has 6 nitrogen and oxygen atoms in total. The predicted molar refractivity (Wildman–Crippen MR) is 131 cm³/mol. The summed E-state index contributed by atoms with van der Waals surface area (Å²) < 4.78 is 5.70. The molecule has 7 heteroatoms. The second-order valence-corrected chi connectivity index (χ2v) is 10.6. The average Bonchev–Trinajstić information content (AvgIpc) is 3.50. The second-order valence-electron chi connectivity index (χ2n) is 10.2. The van der Waals surface area contributed by atoms with Crippen molar-refractivity contribution < 1.29 is 14.3 Å². The third-order valence-corrected chi connectivity index (χ3v) is 7.99. The van der Waals surface area contributed by atoms with Gasteiger partial charge in [0.05, 0.1) is 12.0 Å². The first-order chi connectivity index (χ1) is 15.8. The lowest BCUT2D eigenvalue weighted by atomic mass is 10.00. The highest BCUT2D eigenvalue weighted by Crippen LogP contribution is 2.30. The van der Waals surface area contributed by atoms with E-state index in [-0.39, 0.29) is 29.9 Å². The van der Waals surface area contributed by atoms with Crippen molar-refractivity contribution in [2.45, 2.75) is 78.0 Å². The molecule has 1 N–H and O–H groups in total. The molecule has 2 unspecified atom stereocenters. The highest BCUT2D eigenvalue weighted by Gasteiger charge is 2.33. The van der Waals surface area contributed by atoms with Crippen LogP contribution in [0.4, 0.5) is 5.69 Å². The number of hydrogen-bond acceptors (Lipinski definition) is 4. The Bertz CT molecular complexity index is 865. The molecule has 0 spiro atoms. The zero-order valence-electron chi connectivity index (χ0n) is 20.2. The Labute approximate surface area is 203 Å². The van der Waals surface area contributed by atoms with Gasteiger partial charge < -0.3 is 15.0 Å². The second kappa shape index (κ2) is 10.7. The summed E-state index contributed by atoms with van der Waals surface area (Å²) in [6.07, 6.45) is 6.41. The summed E-state index contributed by atoms with van der Waals surface area (Å²) in [5.74, 6) is 0.368. The Morgan fingerprint density at radius 1 is 1.18 bits per heavy atom. The van der Waals surface area contributed by atoms with Gasteiger partial charge in [-0.2, -0.15) is 0 Å². The van der Waals surface area contributed by atoms with Gasteiger partial charge in [0.15, 0.2) is 0 Å². The number of halogens is 1. The fourth-order valence-corrected chi connectivity index (χ4v) is 5.83. The van der Waals surface area contributed by atoms with E-state index in [1.807, 2.05) is 26.0 Å². The van der Waals surface area contributed by atoms with E-state index in [4.69, 9.17) is 16.3 Å². The third-order valence-electron chi connectivity index (χ3n) is 7.77. The molecule has 3 fully saturated rings. The minimum Gasteiger partial charge on any atom is -0.377 e. The molecule has 1 saturated carbocycles. The van der Waals surface area contributed by atoms with E-state index in [0.717, 1.165) is 75.3 Å². The lowest BCUT2D eigenvalue weighted by molar-refractivity contribution is -0.140. The quantitative estimate of drug-likeness (QED) is 0.651. The molecule has 0 radical (unpaired) electrons. The summed E-state index contributed by atoms with van der Waals surface area (Å²) in [6.45, 7) is 10.1. The minimum absolute atomic E-state index is 0.00585. The van der Waals surface area contributed by atoms with Gasteiger partial charge in [-0.3, -0.25) is 14.5 Å². The van der Waals surface area contributed by atoms with Gasteiger partial charge >= 0.3 is 0 Å². The number of benzene rings is 1. The minimum atomic E-state index is -0.194. The number of piperazine rings is 1. The smallest absolute Gasteiger partial charge is 0.229 e. The Hall–Kier alpha value is -1.63. The summed E-state index contributed by atoms with van der Waals surface area (Å²) in [6, 6.07) is 4.04. The van der Waals surface area contributed by atoms with Crippen molar-refractivity contribution in [3.63, 3.8) is 0 Å². The van der Waals surface area contributed by atoms with Gasteiger partial charge in [0, 0.05) is 55.5 Å². The number of ether oxygens (including phenoxy) is 1. The molecule has 3 aliphatic rings. The van der Waals surface area contributed by atoms with Gasteiger partial charge in [-0.1, -0.05) is 31.4 Å². The van der Waals surface area contributed by atoms with Crippen LogP contribution in [0, 0.1) is 18.8 Å². The van der Waals surface area contributed by atoms with Crippen molar-refractivity contribution in [1.82, 2.24) is 9.80 Å². The van der Waals surface area contributed by atoms with E-state index in [1.165, 1.54) is 12.8 Å². The molecule has 182 valence electrons. The van der Waals surface area contributed by atoms with Crippen LogP contribution < -0.4 is 5.32 Å². The topological polar surface area (TPSA) is 61.9 Å². The number of carbonyl (C=O) groups is 2. The molecule has 1 aliphatic carbocycles. The third kappa shape index (κ3) is 5.72. The summed E-state index contributed by atoms with van der Waals surface area (Å²) >= 11 is 6.45. The molecule has 2 aliphatic heterocycles. The number of amides is 2. The van der Waals surface area contributed by atoms with Crippen LogP contribution in [0.15, 0.2) is 12.1 Å². The van der Waals surface area contributed by atoms with Crippen molar-refractivity contribution in [3.05, 3.63) is 28.3 Å². The highest BCUT2D eigenvalue weighted by molar-refractivity contribution is 6.31. The Balaban J connectivity index is 1.38. The first-order valence-electron chi connectivity index (χ1n) is 12.6. The monoisotopic (exact) mass is 475 g/mol. The number of rotatable bonds is 6. The number of nitrogens with zero attached hydrogens (tertiary/aromatic N) is 2. The molecule has 2 saturated heterocycles. The van der Waals surface area contributed by atoms with Gasteiger partial charge in [-0.25, -0.2) is 0 Å². The highest BCUT2D eigenvalue weighted by atomic mass is 35.5. The molecule has 4 rings (SSSR count). The van der Waals surface area contributed by atoms with E-state index in [0.29, 0.717) is 10.9 Å². The maximum Gasteiger partial charge on any atom is 0.229 e. The normalized spacial score (nSPS) is 25.4. The SMILES string of the molecule is Cc1c(CN2CCN(C(=O)C3CCCC3)[C@@H](C)C2)cc(Cl)cc1NC(=O)C(C)C1CCCO1. The summed E-state index contributed by atoms with van der Waals surface area (Å²) in [5.41, 5.74) is 2.94. The van der Waals surface area contributed by atoms with E-state index in [1.54, 1.807) is 0 Å². The van der Waals surface area contributed by atoms with Gasteiger partial charge in [0.1, 0.15) is 0 Å². The van der Waals surface area contributed by atoms with Crippen LogP contribution in [-0.4, -0.2) is 60.0 Å². The van der Waals surface area contributed by atoms with Crippen molar-refractivity contribution >= 4 is 29.1 Å². The molecule has 0 aromatic heterocycles. The van der Waals surface area contributed by atoms with Crippen LogP contribution in [0.5, 0.6) is 0 Å². The first-order valence-corrected chi connectivity index (χ1v) is 13.0. The number of carbonyl (C=O) groups excluding carboxylic acids is 2. The van der Waals surface area contributed by atoms with Crippen LogP contribution in [0.1, 0.15) is 63.5 Å². The number of nitrogens with one attached hydrogen (secondary N) is 1. The lowest BCUT2D eigenvalue weighted by Gasteiger charge is -2.41. The van der Waals surface area contributed by atoms with Crippen LogP contribution in [0.3, 0.4) is 0 Å². The van der Waals surface area contributed by atoms with E-state index < -0.39 is 0 Å². The van der Waals surface area contributed by atoms with Crippen LogP contribution in [0.25, 0.3) is 0 Å². The van der Waals surface area contributed by atoms with Gasteiger partial charge in [0.25, 0.3) is 0 Å². The molecule has 1 aromatic carbocycles. The first kappa shape index (κ1) is 24.5. The summed E-state index contributed by atoms with van der Waals surface area (Å²) in [4.78, 5) is 30.2. The van der Waals surface area contributed by atoms with Crippen LogP contribution in [0.2, 0.25) is 5.02 Å². The molecule has 2 heterocycles. The molecule has 1 aromatic rings. The Kier molecular flexibility index (Phi) is 7.98. The maximum atomic E-state index is 12.9. The molecular weight excluding hydrogens is 438 g/mol. The fraction of sp³-hybridized carbons (Fsp3) is 0.692. The van der Waals surface area contributed by atoms with Crippen molar-refractivity contribution in [2.24, 2.45) is 11.8 Å². The van der Waals surface area contributed by atoms with Gasteiger partial charge in [0.2, 0.25) is 11.8 Å². The molecule has 2 amide bonds. The van der Waals surface area contributed by atoms with Gasteiger partial charge in [-0.05, 0) is 62.8 Å². The summed E-state index contributed by atoms with van der Waals surface area (Å²) in [5, 5.41) is 3.72. The van der Waals surface area contributed by atoms with E-state index in [9.17, 15) is 9.59 Å². The van der Waals surface area contributed by atoms with Gasteiger partial charge in [-0.15, -0.1) is 0 Å². The van der Waals surface area contributed by atoms with Crippen LogP contribution >= 0.6 is 11.6 Å². The average molecular weight is 476 g/mol. The molecular formula is C26H38ClN3O3. The summed E-state index contributed by atoms with van der Waals surface area (Å²) in [7, 11) is 0. The van der Waals surface area contributed by atoms with Crippen LogP contribution in [-0.2, 0) is 20.9 Å². The fourth-order valence-electron chi connectivity index (χ4n) is 5.59.